The molecule has 4 atom stereocenters. The molecule has 0 radical (unpaired) electrons. The Labute approximate surface area is 132 Å². The van der Waals surface area contributed by atoms with Crippen LogP contribution in [-0.4, -0.2) is 87.4 Å². The lowest BCUT2D eigenvalue weighted by atomic mass is 10.2. The van der Waals surface area contributed by atoms with E-state index in [0.717, 1.165) is 0 Å². The van der Waals surface area contributed by atoms with Gasteiger partial charge in [-0.3, -0.25) is 14.4 Å². The summed E-state index contributed by atoms with van der Waals surface area (Å²) in [7, 11) is 0. The maximum Gasteiger partial charge on any atom is 0.320 e. The minimum Gasteiger partial charge on any atom is -0.480 e. The van der Waals surface area contributed by atoms with Crippen LogP contribution in [-0.2, 0) is 14.4 Å². The van der Waals surface area contributed by atoms with Crippen molar-refractivity contribution < 1.29 is 39.9 Å². The molecule has 11 nitrogen and oxygen atoms in total. The number of carboxylic acids is 3. The van der Waals surface area contributed by atoms with E-state index in [1.165, 1.54) is 0 Å². The summed E-state index contributed by atoms with van der Waals surface area (Å²) in [5.41, 5.74) is 4.57. The quantitative estimate of drug-likeness (QED) is 0.255. The van der Waals surface area contributed by atoms with Gasteiger partial charge in [-0.05, 0) is 0 Å². The molecule has 0 aromatic rings. The molecule has 2 saturated heterocycles. The summed E-state index contributed by atoms with van der Waals surface area (Å²) >= 11 is 0. The average molecular weight is 337 g/mol. The maximum absolute atomic E-state index is 10.2. The monoisotopic (exact) mass is 337 g/mol. The molecular weight excluding hydrogens is 314 g/mol. The molecule has 2 fully saturated rings. The molecular formula is C12H23N3O8. The van der Waals surface area contributed by atoms with Crippen LogP contribution in [0.2, 0.25) is 0 Å². The minimum absolute atomic E-state index is 0.278. The lowest BCUT2D eigenvalue weighted by Gasteiger charge is -1.99. The number of β-amino-alcohol motifs (C(OH)–C–C–N with tert-alkyl or cyclic N) is 2. The summed E-state index contributed by atoms with van der Waals surface area (Å²) < 4.78 is 0. The first-order chi connectivity index (χ1) is 10.7. The topological polar surface area (TPSA) is 202 Å². The Morgan fingerprint density at radius 3 is 1.26 bits per heavy atom. The van der Waals surface area contributed by atoms with Crippen molar-refractivity contribution in [3.05, 3.63) is 0 Å². The third-order valence-corrected chi connectivity index (χ3v) is 2.99. The molecule has 134 valence electrons. The van der Waals surface area contributed by atoms with E-state index in [0.29, 0.717) is 25.9 Å². The Morgan fingerprint density at radius 1 is 0.870 bits per heavy atom. The molecule has 0 bridgehead atoms. The van der Waals surface area contributed by atoms with Gasteiger partial charge >= 0.3 is 17.9 Å². The van der Waals surface area contributed by atoms with Crippen LogP contribution in [0.3, 0.4) is 0 Å². The van der Waals surface area contributed by atoms with Crippen molar-refractivity contribution in [2.45, 2.75) is 37.1 Å². The van der Waals surface area contributed by atoms with E-state index >= 15 is 0 Å². The van der Waals surface area contributed by atoms with Crippen LogP contribution in [0.15, 0.2) is 0 Å². The van der Waals surface area contributed by atoms with Gasteiger partial charge in [0.2, 0.25) is 0 Å². The van der Waals surface area contributed by atoms with Crippen molar-refractivity contribution >= 4 is 17.9 Å². The van der Waals surface area contributed by atoms with E-state index in [-0.39, 0.29) is 6.54 Å². The third kappa shape index (κ3) is 9.76. The Balaban J connectivity index is 0.000000332. The zero-order valence-electron chi connectivity index (χ0n) is 12.4. The van der Waals surface area contributed by atoms with Gasteiger partial charge in [0, 0.05) is 25.9 Å². The molecule has 0 aromatic carbocycles. The standard InChI is InChI=1S/2C5H9NO3.C2H5NO2/c2*7-3-1-4(5(8)9)6-2-3;3-1-2(4)5/h2*3-4,6-7H,1-2H2,(H,8,9);1,3H2,(H,4,5)/t2*3?,4-;/m00./s1. The van der Waals surface area contributed by atoms with E-state index in [4.69, 9.17) is 25.5 Å². The number of aliphatic carboxylic acids is 3. The van der Waals surface area contributed by atoms with Crippen LogP contribution in [0, 0.1) is 0 Å². The van der Waals surface area contributed by atoms with E-state index in [9.17, 15) is 14.4 Å². The summed E-state index contributed by atoms with van der Waals surface area (Å²) in [4.78, 5) is 29.6. The van der Waals surface area contributed by atoms with Gasteiger partial charge in [-0.1, -0.05) is 0 Å². The van der Waals surface area contributed by atoms with Gasteiger partial charge in [0.25, 0.3) is 0 Å². The van der Waals surface area contributed by atoms with Crippen molar-refractivity contribution in [1.29, 1.82) is 0 Å². The van der Waals surface area contributed by atoms with Gasteiger partial charge < -0.3 is 41.9 Å². The first-order valence-electron chi connectivity index (χ1n) is 6.87. The summed E-state index contributed by atoms with van der Waals surface area (Å²) in [5.74, 6) is -2.73. The second-order valence-corrected chi connectivity index (χ2v) is 4.98. The molecule has 2 heterocycles. The Kier molecular flexibility index (Phi) is 10.0. The fourth-order valence-corrected chi connectivity index (χ4v) is 1.81. The molecule has 2 rings (SSSR count). The second kappa shape index (κ2) is 10.9. The van der Waals surface area contributed by atoms with Crippen LogP contribution in [0.4, 0.5) is 0 Å². The average Bonchev–Trinajstić information content (AvgIpc) is 3.09. The third-order valence-electron chi connectivity index (χ3n) is 2.99. The van der Waals surface area contributed by atoms with Gasteiger partial charge in [-0.25, -0.2) is 0 Å². The molecule has 2 aliphatic heterocycles. The van der Waals surface area contributed by atoms with Gasteiger partial charge in [-0.15, -0.1) is 0 Å². The fourth-order valence-electron chi connectivity index (χ4n) is 1.81. The Morgan fingerprint density at radius 2 is 1.17 bits per heavy atom. The molecule has 0 aromatic heterocycles. The molecule has 0 saturated carbocycles. The first kappa shape index (κ1) is 21.2. The maximum atomic E-state index is 10.2. The smallest absolute Gasteiger partial charge is 0.320 e. The van der Waals surface area contributed by atoms with E-state index in [1.54, 1.807) is 0 Å². The molecule has 2 aliphatic rings. The number of hydrogen-bond donors (Lipinski definition) is 8. The highest BCUT2D eigenvalue weighted by Gasteiger charge is 2.27. The number of aliphatic hydroxyl groups is 2. The molecule has 9 N–H and O–H groups in total. The summed E-state index contributed by atoms with van der Waals surface area (Å²) in [6, 6.07) is -1.08. The first-order valence-corrected chi connectivity index (χ1v) is 6.87. The van der Waals surface area contributed by atoms with Crippen molar-refractivity contribution in [2.24, 2.45) is 5.73 Å². The lowest BCUT2D eigenvalue weighted by molar-refractivity contribution is -0.140. The summed E-state index contributed by atoms with van der Waals surface area (Å²) in [5, 5.41) is 47.3. The highest BCUT2D eigenvalue weighted by Crippen LogP contribution is 2.05. The molecule has 0 amide bonds. The largest absolute Gasteiger partial charge is 0.480 e. The van der Waals surface area contributed by atoms with E-state index in [2.05, 4.69) is 16.4 Å². The number of aliphatic hydroxyl groups excluding tert-OH is 2. The van der Waals surface area contributed by atoms with Gasteiger partial charge in [0.05, 0.1) is 18.8 Å². The Hall–Kier alpha value is -1.79. The zero-order chi connectivity index (χ0) is 18.0. The lowest BCUT2D eigenvalue weighted by Crippen LogP contribution is -2.29. The molecule has 0 aliphatic carbocycles. The predicted octanol–water partition coefficient (Wildman–Crippen LogP) is -3.38. The normalized spacial score (nSPS) is 28.8. The zero-order valence-corrected chi connectivity index (χ0v) is 12.4. The van der Waals surface area contributed by atoms with Crippen LogP contribution >= 0.6 is 0 Å². The van der Waals surface area contributed by atoms with Crippen LogP contribution < -0.4 is 16.4 Å². The SMILES string of the molecule is NCC(=O)O.O=C(O)[C@@H]1CC(O)CN1.O=C(O)[C@@H]1CC(O)CN1. The highest BCUT2D eigenvalue weighted by atomic mass is 16.4. The molecule has 2 unspecified atom stereocenters. The van der Waals surface area contributed by atoms with Crippen LogP contribution in [0.1, 0.15) is 12.8 Å². The molecule has 11 heteroatoms. The molecule has 0 spiro atoms. The van der Waals surface area contributed by atoms with Crippen molar-refractivity contribution in [1.82, 2.24) is 10.6 Å². The van der Waals surface area contributed by atoms with E-state index < -0.39 is 42.2 Å². The number of hydrogen-bond acceptors (Lipinski definition) is 8. The number of nitrogens with two attached hydrogens (primary N) is 1. The number of carboxylic acid groups (broad SMARTS) is 3. The van der Waals surface area contributed by atoms with Crippen LogP contribution in [0.25, 0.3) is 0 Å². The van der Waals surface area contributed by atoms with Gasteiger partial charge in [-0.2, -0.15) is 0 Å². The molecule has 23 heavy (non-hydrogen) atoms. The van der Waals surface area contributed by atoms with Gasteiger partial charge in [0.15, 0.2) is 0 Å². The second-order valence-electron chi connectivity index (χ2n) is 4.98. The summed E-state index contributed by atoms with van der Waals surface area (Å²) in [6.45, 7) is 0.522. The number of carbonyl (C=O) groups is 3. The Bertz CT molecular complexity index is 376. The van der Waals surface area contributed by atoms with Crippen LogP contribution in [0.5, 0.6) is 0 Å². The van der Waals surface area contributed by atoms with E-state index in [1.807, 2.05) is 0 Å². The van der Waals surface area contributed by atoms with Crippen molar-refractivity contribution in [3.63, 3.8) is 0 Å². The fraction of sp³-hybridized carbons (Fsp3) is 0.750. The summed E-state index contributed by atoms with van der Waals surface area (Å²) in [6.07, 6.45) is -0.304. The highest BCUT2D eigenvalue weighted by molar-refractivity contribution is 5.74. The number of rotatable bonds is 3. The van der Waals surface area contributed by atoms with Gasteiger partial charge in [0.1, 0.15) is 12.1 Å². The minimum atomic E-state index is -0.968. The predicted molar refractivity (Wildman–Crippen MR) is 76.8 cm³/mol. The number of nitrogens with one attached hydrogen (secondary N) is 2. The van der Waals surface area contributed by atoms with Crippen molar-refractivity contribution in [3.8, 4) is 0 Å². The van der Waals surface area contributed by atoms with Crippen molar-refractivity contribution in [2.75, 3.05) is 19.6 Å².